The smallest absolute Gasteiger partial charge is 0.0921 e. The van der Waals surface area contributed by atoms with Gasteiger partial charge in [-0.05, 0) is 12.8 Å². The van der Waals surface area contributed by atoms with Crippen LogP contribution in [0.4, 0.5) is 0 Å². The molecular weight excluding hydrogens is 160 g/mol. The van der Waals surface area contributed by atoms with Crippen molar-refractivity contribution >= 4 is 12.4 Å². The molecule has 1 N–H and O–H groups in total. The van der Waals surface area contributed by atoms with Crippen molar-refractivity contribution in [2.24, 2.45) is 0 Å². The Morgan fingerprint density at radius 3 is 3.00 bits per heavy atom. The van der Waals surface area contributed by atoms with Crippen molar-refractivity contribution in [1.29, 1.82) is 0 Å². The van der Waals surface area contributed by atoms with Crippen LogP contribution in [-0.2, 0) is 6.42 Å². The number of halogens is 1. The summed E-state index contributed by atoms with van der Waals surface area (Å²) >= 11 is 0. The van der Waals surface area contributed by atoms with Gasteiger partial charge in [0.05, 0.1) is 6.33 Å². The van der Waals surface area contributed by atoms with Crippen molar-refractivity contribution in [3.63, 3.8) is 0 Å². The topological polar surface area (TPSA) is 28.7 Å². The quantitative estimate of drug-likeness (QED) is 0.544. The normalized spacial score (nSPS) is 8.27. The summed E-state index contributed by atoms with van der Waals surface area (Å²) in [6.45, 7) is 0. The third-order valence-corrected chi connectivity index (χ3v) is 1.32. The van der Waals surface area contributed by atoms with Crippen molar-refractivity contribution < 1.29 is 0 Å². The Bertz CT molecular complexity index is 210. The van der Waals surface area contributed by atoms with Gasteiger partial charge in [0.25, 0.3) is 0 Å². The lowest BCUT2D eigenvalue weighted by atomic mass is 10.2. The van der Waals surface area contributed by atoms with E-state index in [0.717, 1.165) is 25.0 Å². The number of aryl methyl sites for hydroxylation is 1. The van der Waals surface area contributed by atoms with E-state index in [1.807, 2.05) is 6.20 Å². The Kier molecular flexibility index (Phi) is 5.32. The van der Waals surface area contributed by atoms with Gasteiger partial charge in [-0.25, -0.2) is 4.98 Å². The van der Waals surface area contributed by atoms with Crippen molar-refractivity contribution in [2.45, 2.75) is 19.3 Å². The first-order chi connectivity index (χ1) is 4.93. The lowest BCUT2D eigenvalue weighted by Crippen LogP contribution is -1.82. The van der Waals surface area contributed by atoms with Gasteiger partial charge in [-0.3, -0.25) is 0 Å². The van der Waals surface area contributed by atoms with Gasteiger partial charge in [0.1, 0.15) is 0 Å². The van der Waals surface area contributed by atoms with Gasteiger partial charge in [0.15, 0.2) is 0 Å². The number of imidazole rings is 1. The first-order valence-electron chi connectivity index (χ1n) is 3.34. The van der Waals surface area contributed by atoms with Gasteiger partial charge in [0.2, 0.25) is 0 Å². The molecule has 2 nitrogen and oxygen atoms in total. The van der Waals surface area contributed by atoms with Crippen LogP contribution >= 0.6 is 12.4 Å². The van der Waals surface area contributed by atoms with Gasteiger partial charge in [0, 0.05) is 18.3 Å². The fraction of sp³-hybridized carbons (Fsp3) is 0.375. The molecule has 0 fully saturated rings. The standard InChI is InChI=1S/C8H10N2.ClH/c1-2-3-4-5-8-6-9-7-10-8;/h1,6-7H,3-5H2,(H,9,10);1H. The molecule has 1 aromatic rings. The van der Waals surface area contributed by atoms with E-state index in [4.69, 9.17) is 6.42 Å². The van der Waals surface area contributed by atoms with Gasteiger partial charge in [-0.2, -0.15) is 0 Å². The summed E-state index contributed by atoms with van der Waals surface area (Å²) in [7, 11) is 0. The Morgan fingerprint density at radius 1 is 1.64 bits per heavy atom. The number of aromatic amines is 1. The number of H-pyrrole nitrogens is 1. The molecule has 0 radical (unpaired) electrons. The first kappa shape index (κ1) is 10.1. The molecule has 0 bridgehead atoms. The second-order valence-electron chi connectivity index (χ2n) is 2.13. The summed E-state index contributed by atoms with van der Waals surface area (Å²) in [5.41, 5.74) is 1.16. The maximum Gasteiger partial charge on any atom is 0.0921 e. The number of nitrogens with zero attached hydrogens (tertiary/aromatic N) is 1. The van der Waals surface area contributed by atoms with E-state index in [2.05, 4.69) is 15.9 Å². The molecule has 0 aromatic carbocycles. The van der Waals surface area contributed by atoms with E-state index >= 15 is 0 Å². The number of nitrogens with one attached hydrogen (secondary N) is 1. The summed E-state index contributed by atoms with van der Waals surface area (Å²) in [5.74, 6) is 2.60. The second-order valence-corrected chi connectivity index (χ2v) is 2.13. The van der Waals surface area contributed by atoms with Crippen molar-refractivity contribution in [2.75, 3.05) is 0 Å². The Labute approximate surface area is 72.8 Å². The Morgan fingerprint density at radius 2 is 2.45 bits per heavy atom. The number of unbranched alkanes of at least 4 members (excludes halogenated alkanes) is 1. The van der Waals surface area contributed by atoms with Crippen LogP contribution in [0.25, 0.3) is 0 Å². The van der Waals surface area contributed by atoms with E-state index < -0.39 is 0 Å². The number of hydrogen-bond donors (Lipinski definition) is 1. The molecule has 0 saturated heterocycles. The average molecular weight is 171 g/mol. The van der Waals surface area contributed by atoms with Crippen LogP contribution < -0.4 is 0 Å². The molecule has 0 aliphatic carbocycles. The number of aromatic nitrogens is 2. The maximum atomic E-state index is 5.09. The van der Waals surface area contributed by atoms with E-state index in [0.29, 0.717) is 0 Å². The highest BCUT2D eigenvalue weighted by Crippen LogP contribution is 1.98. The van der Waals surface area contributed by atoms with E-state index in [9.17, 15) is 0 Å². The van der Waals surface area contributed by atoms with Crippen LogP contribution in [0.2, 0.25) is 0 Å². The lowest BCUT2D eigenvalue weighted by molar-refractivity contribution is 0.837. The molecule has 0 amide bonds. The minimum absolute atomic E-state index is 0. The van der Waals surface area contributed by atoms with E-state index in [1.54, 1.807) is 6.33 Å². The molecule has 3 heteroatoms. The van der Waals surface area contributed by atoms with Crippen molar-refractivity contribution in [3.8, 4) is 12.3 Å². The van der Waals surface area contributed by atoms with Crippen LogP contribution in [0.3, 0.4) is 0 Å². The van der Waals surface area contributed by atoms with Crippen molar-refractivity contribution in [3.05, 3.63) is 18.2 Å². The molecule has 0 saturated carbocycles. The zero-order valence-corrected chi connectivity index (χ0v) is 7.03. The predicted octanol–water partition coefficient (Wildman–Crippen LogP) is 1.79. The second kappa shape index (κ2) is 5.82. The summed E-state index contributed by atoms with van der Waals surface area (Å²) in [6.07, 6.45) is 11.5. The highest BCUT2D eigenvalue weighted by Gasteiger charge is 1.90. The zero-order valence-electron chi connectivity index (χ0n) is 6.21. The summed E-state index contributed by atoms with van der Waals surface area (Å²) in [6, 6.07) is 0. The molecule has 60 valence electrons. The largest absolute Gasteiger partial charge is 0.348 e. The van der Waals surface area contributed by atoms with Crippen LogP contribution in [-0.4, -0.2) is 9.97 Å². The predicted molar refractivity (Wildman–Crippen MR) is 47.6 cm³/mol. The number of hydrogen-bond acceptors (Lipinski definition) is 1. The van der Waals surface area contributed by atoms with Crippen LogP contribution in [0, 0.1) is 12.3 Å². The van der Waals surface area contributed by atoms with Crippen molar-refractivity contribution in [1.82, 2.24) is 9.97 Å². The monoisotopic (exact) mass is 170 g/mol. The molecule has 0 aliphatic rings. The highest BCUT2D eigenvalue weighted by molar-refractivity contribution is 5.85. The highest BCUT2D eigenvalue weighted by atomic mass is 35.5. The molecular formula is C8H11ClN2. The minimum atomic E-state index is 0. The Hall–Kier alpha value is -0.940. The molecule has 1 aromatic heterocycles. The van der Waals surface area contributed by atoms with E-state index in [1.165, 1.54) is 0 Å². The summed E-state index contributed by atoms with van der Waals surface area (Å²) < 4.78 is 0. The third kappa shape index (κ3) is 3.69. The lowest BCUT2D eigenvalue weighted by Gasteiger charge is -1.90. The van der Waals surface area contributed by atoms with Crippen LogP contribution in [0.5, 0.6) is 0 Å². The number of terminal acetylenes is 1. The molecule has 11 heavy (non-hydrogen) atoms. The SMILES string of the molecule is C#CCCCc1cnc[nH]1.Cl. The fourth-order valence-electron chi connectivity index (χ4n) is 0.802. The number of rotatable bonds is 3. The Balaban J connectivity index is 0.000001000. The van der Waals surface area contributed by atoms with Gasteiger partial charge >= 0.3 is 0 Å². The molecule has 0 atom stereocenters. The third-order valence-electron chi connectivity index (χ3n) is 1.32. The zero-order chi connectivity index (χ0) is 7.23. The molecule has 0 unspecified atom stereocenters. The first-order valence-corrected chi connectivity index (χ1v) is 3.34. The van der Waals surface area contributed by atoms with E-state index in [-0.39, 0.29) is 12.4 Å². The summed E-state index contributed by atoms with van der Waals surface area (Å²) in [4.78, 5) is 6.91. The molecule has 1 rings (SSSR count). The van der Waals surface area contributed by atoms with Gasteiger partial charge in [-0.15, -0.1) is 24.8 Å². The molecule has 1 heterocycles. The maximum absolute atomic E-state index is 5.09. The fourth-order valence-corrected chi connectivity index (χ4v) is 0.802. The molecule has 0 aliphatic heterocycles. The van der Waals surface area contributed by atoms with Gasteiger partial charge in [-0.1, -0.05) is 0 Å². The molecule has 0 spiro atoms. The van der Waals surface area contributed by atoms with Crippen LogP contribution in [0.1, 0.15) is 18.5 Å². The van der Waals surface area contributed by atoms with Crippen LogP contribution in [0.15, 0.2) is 12.5 Å². The minimum Gasteiger partial charge on any atom is -0.348 e. The van der Waals surface area contributed by atoms with Gasteiger partial charge < -0.3 is 4.98 Å². The summed E-state index contributed by atoms with van der Waals surface area (Å²) in [5, 5.41) is 0. The average Bonchev–Trinajstić information content (AvgIpc) is 2.41.